The molecule has 0 bridgehead atoms. The van der Waals surface area contributed by atoms with Crippen LogP contribution in [0.15, 0.2) is 42.5 Å². The number of likely N-dealkylation sites (tertiary alicyclic amines) is 1. The molecule has 1 aliphatic carbocycles. The van der Waals surface area contributed by atoms with E-state index >= 15 is 0 Å². The summed E-state index contributed by atoms with van der Waals surface area (Å²) in [6.45, 7) is 6.97. The summed E-state index contributed by atoms with van der Waals surface area (Å²) < 4.78 is 61.4. The SMILES string of the molecule is CC(C)Oc1ccc(-n2nnnc2C(F)(F)F)cc1N(C)[C@H]1CC[C@H](CN2CCCC2)[C@H]1c1ccc(F)cc1. The number of anilines is 1. The smallest absolute Gasteiger partial charge is 0.453 e. The lowest BCUT2D eigenvalue weighted by molar-refractivity contribution is -0.146. The van der Waals surface area contributed by atoms with Gasteiger partial charge in [0.2, 0.25) is 0 Å². The van der Waals surface area contributed by atoms with Crippen LogP contribution in [0.1, 0.15) is 56.8 Å². The Morgan fingerprint density at radius 1 is 1.05 bits per heavy atom. The maximum Gasteiger partial charge on any atom is 0.453 e. The fraction of sp³-hybridized carbons (Fsp3) is 0.536. The largest absolute Gasteiger partial charge is 0.489 e. The van der Waals surface area contributed by atoms with E-state index in [0.29, 0.717) is 22.0 Å². The number of nitrogens with zero attached hydrogens (tertiary/aromatic N) is 6. The molecule has 39 heavy (non-hydrogen) atoms. The highest BCUT2D eigenvalue weighted by molar-refractivity contribution is 5.64. The van der Waals surface area contributed by atoms with Crippen LogP contribution in [0.3, 0.4) is 0 Å². The topological polar surface area (TPSA) is 59.3 Å². The maximum atomic E-state index is 13.9. The average Bonchev–Trinajstić information content (AvgIpc) is 3.65. The van der Waals surface area contributed by atoms with Crippen molar-refractivity contribution in [3.8, 4) is 11.4 Å². The number of benzene rings is 2. The molecule has 3 atom stereocenters. The highest BCUT2D eigenvalue weighted by Gasteiger charge is 2.42. The monoisotopic (exact) mass is 546 g/mol. The summed E-state index contributed by atoms with van der Waals surface area (Å²) in [6.07, 6.45) is -0.542. The lowest BCUT2D eigenvalue weighted by atomic mass is 9.85. The van der Waals surface area contributed by atoms with E-state index in [1.54, 1.807) is 12.1 Å². The third-order valence-corrected chi connectivity index (χ3v) is 7.85. The number of alkyl halides is 3. The van der Waals surface area contributed by atoms with Gasteiger partial charge in [-0.05, 0) is 105 Å². The zero-order chi connectivity index (χ0) is 27.7. The van der Waals surface area contributed by atoms with Gasteiger partial charge in [-0.15, -0.1) is 5.10 Å². The van der Waals surface area contributed by atoms with E-state index in [1.807, 2.05) is 33.0 Å². The summed E-state index contributed by atoms with van der Waals surface area (Å²) in [7, 11) is 1.95. The first kappa shape index (κ1) is 27.4. The highest BCUT2D eigenvalue weighted by atomic mass is 19.4. The van der Waals surface area contributed by atoms with Crippen LogP contribution in [0, 0.1) is 11.7 Å². The summed E-state index contributed by atoms with van der Waals surface area (Å²) in [5.74, 6) is -0.413. The lowest BCUT2D eigenvalue weighted by Gasteiger charge is -2.36. The molecule has 2 aliphatic rings. The molecule has 11 heteroatoms. The summed E-state index contributed by atoms with van der Waals surface area (Å²) in [4.78, 5) is 4.62. The van der Waals surface area contributed by atoms with E-state index in [4.69, 9.17) is 4.74 Å². The number of rotatable bonds is 8. The molecule has 0 N–H and O–H groups in total. The Balaban J connectivity index is 1.53. The molecule has 1 saturated carbocycles. The molecule has 0 spiro atoms. The fourth-order valence-corrected chi connectivity index (χ4v) is 6.16. The summed E-state index contributed by atoms with van der Waals surface area (Å²) in [5.41, 5.74) is 1.91. The first-order valence-electron chi connectivity index (χ1n) is 13.5. The van der Waals surface area contributed by atoms with Gasteiger partial charge in [-0.25, -0.2) is 4.39 Å². The van der Waals surface area contributed by atoms with Crippen molar-refractivity contribution in [2.45, 2.75) is 63.8 Å². The molecule has 7 nitrogen and oxygen atoms in total. The predicted octanol–water partition coefficient (Wildman–Crippen LogP) is 5.70. The second kappa shape index (κ2) is 11.1. The zero-order valence-corrected chi connectivity index (χ0v) is 22.4. The Hall–Kier alpha value is -3.21. The minimum absolute atomic E-state index is 0.0313. The molecule has 0 radical (unpaired) electrons. The zero-order valence-electron chi connectivity index (χ0n) is 22.4. The molecule has 2 heterocycles. The van der Waals surface area contributed by atoms with Gasteiger partial charge in [0, 0.05) is 25.6 Å². The first-order chi connectivity index (χ1) is 18.6. The van der Waals surface area contributed by atoms with Crippen molar-refractivity contribution in [1.82, 2.24) is 25.1 Å². The molecule has 3 aromatic rings. The van der Waals surface area contributed by atoms with Gasteiger partial charge in [0.15, 0.2) is 0 Å². The van der Waals surface area contributed by atoms with Crippen LogP contribution < -0.4 is 9.64 Å². The molecule has 0 amide bonds. The minimum Gasteiger partial charge on any atom is -0.489 e. The highest BCUT2D eigenvalue weighted by Crippen LogP contribution is 2.46. The molecule has 2 fully saturated rings. The van der Waals surface area contributed by atoms with Crippen molar-refractivity contribution in [2.24, 2.45) is 5.92 Å². The number of hydrogen-bond acceptors (Lipinski definition) is 6. The van der Waals surface area contributed by atoms with Crippen LogP contribution in [-0.2, 0) is 6.18 Å². The van der Waals surface area contributed by atoms with Crippen molar-refractivity contribution in [1.29, 1.82) is 0 Å². The summed E-state index contributed by atoms with van der Waals surface area (Å²) in [6, 6.07) is 11.6. The van der Waals surface area contributed by atoms with Gasteiger partial charge in [0.1, 0.15) is 11.6 Å². The molecular formula is C28H34F4N6O. The van der Waals surface area contributed by atoms with Crippen LogP contribution >= 0.6 is 0 Å². The standard InChI is InChI=1S/C28H34F4N6O/c1-18(2)39-25-13-11-22(38-27(28(30,31)32)33-34-35-38)16-24(25)36(3)23-12-8-20(17-37-14-4-5-15-37)26(23)19-6-9-21(29)10-7-19/h6-7,9-11,13,16,18,20,23,26H,4-5,8,12,14-15,17H2,1-3H3/t20-,23+,26-/m1/s1. The minimum atomic E-state index is -4.70. The van der Waals surface area contributed by atoms with Gasteiger partial charge in [-0.2, -0.15) is 17.9 Å². The molecular weight excluding hydrogens is 512 g/mol. The number of aromatic nitrogens is 4. The molecule has 1 aliphatic heterocycles. The van der Waals surface area contributed by atoms with Crippen LogP contribution in [0.5, 0.6) is 5.75 Å². The molecule has 0 unspecified atom stereocenters. The second-order valence-corrected chi connectivity index (χ2v) is 10.8. The Morgan fingerprint density at radius 2 is 1.77 bits per heavy atom. The predicted molar refractivity (Wildman–Crippen MR) is 140 cm³/mol. The van der Waals surface area contributed by atoms with E-state index in [2.05, 4.69) is 25.3 Å². The van der Waals surface area contributed by atoms with Crippen molar-refractivity contribution >= 4 is 5.69 Å². The van der Waals surface area contributed by atoms with E-state index < -0.39 is 12.0 Å². The van der Waals surface area contributed by atoms with Crippen molar-refractivity contribution in [3.05, 3.63) is 59.7 Å². The second-order valence-electron chi connectivity index (χ2n) is 10.8. The molecule has 2 aromatic carbocycles. The van der Waals surface area contributed by atoms with E-state index in [0.717, 1.165) is 38.0 Å². The Kier molecular flexibility index (Phi) is 7.80. The van der Waals surface area contributed by atoms with Gasteiger partial charge in [-0.3, -0.25) is 0 Å². The van der Waals surface area contributed by atoms with Crippen LogP contribution in [0.4, 0.5) is 23.2 Å². The number of hydrogen-bond donors (Lipinski definition) is 0. The van der Waals surface area contributed by atoms with E-state index in [1.165, 1.54) is 31.0 Å². The van der Waals surface area contributed by atoms with E-state index in [-0.39, 0.29) is 29.6 Å². The van der Waals surface area contributed by atoms with Gasteiger partial charge >= 0.3 is 6.18 Å². The maximum absolute atomic E-state index is 13.9. The molecule has 5 rings (SSSR count). The van der Waals surface area contributed by atoms with Crippen molar-refractivity contribution < 1.29 is 22.3 Å². The van der Waals surface area contributed by atoms with Crippen LogP contribution in [0.2, 0.25) is 0 Å². The quantitative estimate of drug-likeness (QED) is 0.338. The number of likely N-dealkylation sites (N-methyl/N-ethyl adjacent to an activating group) is 1. The molecule has 210 valence electrons. The van der Waals surface area contributed by atoms with Crippen molar-refractivity contribution in [3.63, 3.8) is 0 Å². The lowest BCUT2D eigenvalue weighted by Crippen LogP contribution is -2.37. The van der Waals surface area contributed by atoms with Crippen molar-refractivity contribution in [2.75, 3.05) is 31.6 Å². The third-order valence-electron chi connectivity index (χ3n) is 7.85. The Labute approximate surface area is 225 Å². The molecule has 1 saturated heterocycles. The van der Waals surface area contributed by atoms with Gasteiger partial charge in [0.25, 0.3) is 5.82 Å². The first-order valence-corrected chi connectivity index (χ1v) is 13.5. The van der Waals surface area contributed by atoms with Crippen LogP contribution in [0.25, 0.3) is 5.69 Å². The summed E-state index contributed by atoms with van der Waals surface area (Å²) >= 11 is 0. The summed E-state index contributed by atoms with van der Waals surface area (Å²) in [5, 5.41) is 10.1. The molecule has 1 aromatic heterocycles. The number of halogens is 4. The Morgan fingerprint density at radius 3 is 2.44 bits per heavy atom. The fourth-order valence-electron chi connectivity index (χ4n) is 6.16. The Bertz CT molecular complexity index is 1260. The number of tetrazole rings is 1. The average molecular weight is 547 g/mol. The van der Waals surface area contributed by atoms with Crippen LogP contribution in [-0.4, -0.2) is 63.9 Å². The number of ether oxygens (including phenoxy) is 1. The third kappa shape index (κ3) is 5.88. The van der Waals surface area contributed by atoms with Gasteiger partial charge < -0.3 is 14.5 Å². The normalized spacial score (nSPS) is 22.1. The van der Waals surface area contributed by atoms with Gasteiger partial charge in [-0.1, -0.05) is 12.1 Å². The van der Waals surface area contributed by atoms with Gasteiger partial charge in [0.05, 0.1) is 17.5 Å². The van der Waals surface area contributed by atoms with E-state index in [9.17, 15) is 17.6 Å².